The van der Waals surface area contributed by atoms with E-state index < -0.39 is 5.60 Å². The summed E-state index contributed by atoms with van der Waals surface area (Å²) in [6.45, 7) is 8.12. The van der Waals surface area contributed by atoms with E-state index in [1.165, 1.54) is 5.56 Å². The van der Waals surface area contributed by atoms with Gasteiger partial charge < -0.3 is 9.84 Å². The zero-order valence-corrected chi connectivity index (χ0v) is 25.3. The molecule has 8 heteroatoms. The van der Waals surface area contributed by atoms with E-state index in [1.54, 1.807) is 13.3 Å². The summed E-state index contributed by atoms with van der Waals surface area (Å²) >= 11 is 20.8. The summed E-state index contributed by atoms with van der Waals surface area (Å²) in [6.07, 6.45) is 3.33. The molecule has 0 bridgehead atoms. The average molecular weight is 597 g/mol. The molecule has 1 aliphatic rings. The number of halogens is 3. The Labute approximate surface area is 250 Å². The Bertz CT molecular complexity index is 1570. The van der Waals surface area contributed by atoms with E-state index in [0.29, 0.717) is 33.1 Å². The van der Waals surface area contributed by atoms with E-state index in [2.05, 4.69) is 20.9 Å². The van der Waals surface area contributed by atoms with Gasteiger partial charge in [-0.1, -0.05) is 59.1 Å². The number of pyridine rings is 2. The van der Waals surface area contributed by atoms with Crippen molar-refractivity contribution in [2.24, 2.45) is 0 Å². The monoisotopic (exact) mass is 595 g/mol. The van der Waals surface area contributed by atoms with Crippen LogP contribution in [0.25, 0.3) is 33.6 Å². The standard InChI is InChI=1S/C32H32Cl3N3O2/c1-19-8-9-27(37-31(19)40-4)24-7-5-6-22(28(24)34)23-10-13-36-30(29(23)35)21-16-20-11-14-38(15-12-32(2,3)39)18-25(20)26(33)17-21/h5-10,13,16-17,39H,11-12,14-15,18H2,1-4H3. The van der Waals surface area contributed by atoms with Gasteiger partial charge in [0.25, 0.3) is 0 Å². The van der Waals surface area contributed by atoms with Crippen molar-refractivity contribution in [2.45, 2.75) is 45.8 Å². The highest BCUT2D eigenvalue weighted by atomic mass is 35.5. The Morgan fingerprint density at radius 1 is 1.00 bits per heavy atom. The first-order valence-electron chi connectivity index (χ1n) is 13.3. The summed E-state index contributed by atoms with van der Waals surface area (Å²) < 4.78 is 5.42. The molecule has 0 aliphatic carbocycles. The second-order valence-corrected chi connectivity index (χ2v) is 12.1. The van der Waals surface area contributed by atoms with Gasteiger partial charge in [0.15, 0.2) is 0 Å². The molecule has 5 rings (SSSR count). The van der Waals surface area contributed by atoms with Gasteiger partial charge in [-0.15, -0.1) is 0 Å². The Kier molecular flexibility index (Phi) is 8.42. The van der Waals surface area contributed by atoms with Gasteiger partial charge in [0.05, 0.1) is 34.1 Å². The second kappa shape index (κ2) is 11.7. The zero-order chi connectivity index (χ0) is 28.6. The molecular weight excluding hydrogens is 565 g/mol. The van der Waals surface area contributed by atoms with Crippen LogP contribution in [-0.4, -0.2) is 45.8 Å². The lowest BCUT2D eigenvalue weighted by Gasteiger charge is -2.31. The third kappa shape index (κ3) is 6.00. The van der Waals surface area contributed by atoms with Crippen LogP contribution in [0.3, 0.4) is 0 Å². The van der Waals surface area contributed by atoms with Crippen molar-refractivity contribution < 1.29 is 9.84 Å². The summed E-state index contributed by atoms with van der Waals surface area (Å²) in [6, 6.07) is 15.7. The molecule has 4 aromatic rings. The van der Waals surface area contributed by atoms with E-state index in [0.717, 1.165) is 65.1 Å². The predicted molar refractivity (Wildman–Crippen MR) is 165 cm³/mol. The summed E-state index contributed by atoms with van der Waals surface area (Å²) in [5.41, 5.74) is 7.20. The second-order valence-electron chi connectivity index (χ2n) is 10.9. The number of aryl methyl sites for hydroxylation is 1. The minimum atomic E-state index is -0.687. The highest BCUT2D eigenvalue weighted by molar-refractivity contribution is 6.39. The number of hydrogen-bond acceptors (Lipinski definition) is 5. The molecule has 3 heterocycles. The van der Waals surface area contributed by atoms with E-state index in [-0.39, 0.29) is 0 Å². The molecule has 0 amide bonds. The number of rotatable bonds is 7. The molecule has 0 radical (unpaired) electrons. The van der Waals surface area contributed by atoms with E-state index in [4.69, 9.17) is 39.5 Å². The quantitative estimate of drug-likeness (QED) is 0.233. The van der Waals surface area contributed by atoms with Crippen LogP contribution >= 0.6 is 34.8 Å². The lowest BCUT2D eigenvalue weighted by Crippen LogP contribution is -2.35. The van der Waals surface area contributed by atoms with Crippen molar-refractivity contribution in [1.82, 2.24) is 14.9 Å². The van der Waals surface area contributed by atoms with Gasteiger partial charge in [-0.25, -0.2) is 4.98 Å². The van der Waals surface area contributed by atoms with Crippen LogP contribution in [0.4, 0.5) is 0 Å². The largest absolute Gasteiger partial charge is 0.481 e. The molecule has 40 heavy (non-hydrogen) atoms. The molecule has 0 atom stereocenters. The summed E-state index contributed by atoms with van der Waals surface area (Å²) in [5.74, 6) is 0.563. The number of aromatic nitrogens is 2. The van der Waals surface area contributed by atoms with Crippen LogP contribution in [-0.2, 0) is 13.0 Å². The highest BCUT2D eigenvalue weighted by Crippen LogP contribution is 2.42. The molecule has 0 unspecified atom stereocenters. The molecule has 0 saturated carbocycles. The highest BCUT2D eigenvalue weighted by Gasteiger charge is 2.24. The number of hydrogen-bond donors (Lipinski definition) is 1. The van der Waals surface area contributed by atoms with Crippen LogP contribution in [0.15, 0.2) is 54.7 Å². The molecule has 0 spiro atoms. The van der Waals surface area contributed by atoms with Crippen molar-refractivity contribution in [3.63, 3.8) is 0 Å². The molecule has 0 fully saturated rings. The van der Waals surface area contributed by atoms with Gasteiger partial charge in [-0.2, -0.15) is 0 Å². The number of ether oxygens (including phenoxy) is 1. The van der Waals surface area contributed by atoms with Gasteiger partial charge >= 0.3 is 0 Å². The van der Waals surface area contributed by atoms with Crippen molar-refractivity contribution in [3.8, 4) is 39.5 Å². The lowest BCUT2D eigenvalue weighted by atomic mass is 9.94. The topological polar surface area (TPSA) is 58.5 Å². The van der Waals surface area contributed by atoms with Gasteiger partial charge in [0, 0.05) is 58.7 Å². The lowest BCUT2D eigenvalue weighted by molar-refractivity contribution is 0.0558. The van der Waals surface area contributed by atoms with Crippen LogP contribution in [0, 0.1) is 6.92 Å². The Hall–Kier alpha value is -2.67. The van der Waals surface area contributed by atoms with Crippen molar-refractivity contribution >= 4 is 34.8 Å². The molecule has 1 N–H and O–H groups in total. The SMILES string of the molecule is COc1nc(-c2cccc(-c3ccnc(-c4cc(Cl)c5c(c4)CCN(CCC(C)(C)O)C5)c3Cl)c2Cl)ccc1C. The third-order valence-corrected chi connectivity index (χ3v) is 8.51. The molecule has 2 aromatic carbocycles. The third-order valence-electron chi connectivity index (χ3n) is 7.38. The van der Waals surface area contributed by atoms with Gasteiger partial charge in [-0.05, 0) is 69.0 Å². The number of nitrogens with zero attached hydrogens (tertiary/aromatic N) is 3. The molecule has 208 valence electrons. The van der Waals surface area contributed by atoms with Crippen LogP contribution in [0.2, 0.25) is 15.1 Å². The predicted octanol–water partition coefficient (Wildman–Crippen LogP) is 8.27. The fraction of sp³-hybridized carbons (Fsp3) is 0.312. The number of fused-ring (bicyclic) bond motifs is 1. The maximum absolute atomic E-state index is 10.1. The number of benzene rings is 2. The normalized spacial score (nSPS) is 13.8. The molecular formula is C32H32Cl3N3O2. The van der Waals surface area contributed by atoms with E-state index in [1.807, 2.05) is 63.2 Å². The smallest absolute Gasteiger partial charge is 0.216 e. The zero-order valence-electron chi connectivity index (χ0n) is 23.1. The minimum Gasteiger partial charge on any atom is -0.481 e. The van der Waals surface area contributed by atoms with E-state index >= 15 is 0 Å². The maximum atomic E-state index is 10.1. The minimum absolute atomic E-state index is 0.509. The van der Waals surface area contributed by atoms with E-state index in [9.17, 15) is 5.11 Å². The number of aliphatic hydroxyl groups is 1. The summed E-state index contributed by atoms with van der Waals surface area (Å²) in [5, 5.41) is 11.9. The van der Waals surface area contributed by atoms with Crippen molar-refractivity contribution in [2.75, 3.05) is 20.2 Å². The first-order valence-corrected chi connectivity index (χ1v) is 14.4. The number of methoxy groups -OCH3 is 1. The van der Waals surface area contributed by atoms with Gasteiger partial charge in [0.1, 0.15) is 0 Å². The molecule has 1 aliphatic heterocycles. The average Bonchev–Trinajstić information content (AvgIpc) is 2.92. The van der Waals surface area contributed by atoms with Gasteiger partial charge in [-0.3, -0.25) is 9.88 Å². The maximum Gasteiger partial charge on any atom is 0.216 e. The van der Waals surface area contributed by atoms with Crippen LogP contribution < -0.4 is 4.74 Å². The molecule has 0 saturated heterocycles. The van der Waals surface area contributed by atoms with Crippen molar-refractivity contribution in [1.29, 1.82) is 0 Å². The molecule has 5 nitrogen and oxygen atoms in total. The fourth-order valence-electron chi connectivity index (χ4n) is 5.09. The molecule has 2 aromatic heterocycles. The van der Waals surface area contributed by atoms with Crippen LogP contribution in [0.5, 0.6) is 5.88 Å². The van der Waals surface area contributed by atoms with Crippen LogP contribution in [0.1, 0.15) is 37.0 Å². The first kappa shape index (κ1) is 28.8. The van der Waals surface area contributed by atoms with Gasteiger partial charge in [0.2, 0.25) is 5.88 Å². The summed E-state index contributed by atoms with van der Waals surface area (Å²) in [7, 11) is 1.61. The Morgan fingerprint density at radius 3 is 2.50 bits per heavy atom. The fourth-order valence-corrected chi connectivity index (χ4v) is 6.04. The Morgan fingerprint density at radius 2 is 1.75 bits per heavy atom. The summed E-state index contributed by atoms with van der Waals surface area (Å²) in [4.78, 5) is 11.6. The first-order chi connectivity index (χ1) is 19.1. The van der Waals surface area contributed by atoms with Crippen molar-refractivity contribution in [3.05, 3.63) is 86.5 Å². The Balaban J connectivity index is 1.49.